The Kier molecular flexibility index (Phi) is 4.30. The topological polar surface area (TPSA) is 20.3 Å². The van der Waals surface area contributed by atoms with Gasteiger partial charge in [-0.3, -0.25) is 9.69 Å². The molecule has 0 fully saturated rings. The van der Waals surface area contributed by atoms with Gasteiger partial charge in [-0.15, -0.1) is 0 Å². The van der Waals surface area contributed by atoms with Gasteiger partial charge in [-0.25, -0.2) is 0 Å². The van der Waals surface area contributed by atoms with Crippen LogP contribution in [0.15, 0.2) is 24.3 Å². The number of hydrogen-bond donors (Lipinski definition) is 0. The molecule has 0 spiro atoms. The fourth-order valence-electron chi connectivity index (χ4n) is 1.59. The van der Waals surface area contributed by atoms with Gasteiger partial charge in [0.25, 0.3) is 0 Å². The van der Waals surface area contributed by atoms with E-state index in [4.69, 9.17) is 11.6 Å². The Balaban J connectivity index is 2.88. The van der Waals surface area contributed by atoms with E-state index in [1.54, 1.807) is 24.3 Å². The number of likely N-dealkylation sites (N-methyl/N-ethyl adjacent to an activating group) is 1. The van der Waals surface area contributed by atoms with Crippen molar-refractivity contribution in [3.05, 3.63) is 34.9 Å². The maximum atomic E-state index is 12.0. The zero-order chi connectivity index (χ0) is 11.4. The highest BCUT2D eigenvalue weighted by molar-refractivity contribution is 6.30. The predicted molar refractivity (Wildman–Crippen MR) is 63.5 cm³/mol. The van der Waals surface area contributed by atoms with E-state index in [1.807, 2.05) is 25.9 Å². The van der Waals surface area contributed by atoms with Crippen molar-refractivity contribution in [1.29, 1.82) is 0 Å². The fourth-order valence-corrected chi connectivity index (χ4v) is 1.72. The quantitative estimate of drug-likeness (QED) is 0.735. The number of Topliss-reactive ketones (excluding diaryl/α,β-unsaturated/α-hetero) is 1. The van der Waals surface area contributed by atoms with Gasteiger partial charge in [0, 0.05) is 10.6 Å². The maximum absolute atomic E-state index is 12.0. The third-order valence-corrected chi connectivity index (χ3v) is 2.69. The minimum Gasteiger partial charge on any atom is -0.299 e. The van der Waals surface area contributed by atoms with E-state index in [9.17, 15) is 4.79 Å². The second kappa shape index (κ2) is 5.29. The van der Waals surface area contributed by atoms with Crippen LogP contribution >= 0.6 is 11.6 Å². The molecule has 0 saturated heterocycles. The van der Waals surface area contributed by atoms with E-state index in [0.29, 0.717) is 5.02 Å². The molecule has 3 heteroatoms. The summed E-state index contributed by atoms with van der Waals surface area (Å²) in [7, 11) is 3.84. The molecule has 15 heavy (non-hydrogen) atoms. The van der Waals surface area contributed by atoms with Crippen molar-refractivity contribution in [1.82, 2.24) is 4.90 Å². The third kappa shape index (κ3) is 3.05. The fraction of sp³-hybridized carbons (Fsp3) is 0.417. The standard InChI is InChI=1S/C12H16ClNO/c1-4-11(14(2)3)12(15)9-5-7-10(13)8-6-9/h5-8,11H,4H2,1-3H3. The van der Waals surface area contributed by atoms with Crippen LogP contribution < -0.4 is 0 Å². The molecule has 0 aliphatic rings. The summed E-state index contributed by atoms with van der Waals surface area (Å²) in [6.45, 7) is 2.01. The van der Waals surface area contributed by atoms with Crippen molar-refractivity contribution in [3.63, 3.8) is 0 Å². The Morgan fingerprint density at radius 1 is 1.33 bits per heavy atom. The van der Waals surface area contributed by atoms with Gasteiger partial charge < -0.3 is 0 Å². The number of carbonyl (C=O) groups excluding carboxylic acids is 1. The van der Waals surface area contributed by atoms with Crippen LogP contribution in [0.25, 0.3) is 0 Å². The smallest absolute Gasteiger partial charge is 0.179 e. The Morgan fingerprint density at radius 3 is 2.27 bits per heavy atom. The normalized spacial score (nSPS) is 12.9. The molecule has 1 aromatic carbocycles. The zero-order valence-electron chi connectivity index (χ0n) is 9.33. The molecule has 1 rings (SSSR count). The third-order valence-electron chi connectivity index (χ3n) is 2.44. The van der Waals surface area contributed by atoms with E-state index < -0.39 is 0 Å². The Bertz CT molecular complexity index is 332. The van der Waals surface area contributed by atoms with Crippen molar-refractivity contribution >= 4 is 17.4 Å². The number of hydrogen-bond acceptors (Lipinski definition) is 2. The van der Waals surface area contributed by atoms with Crippen molar-refractivity contribution in [3.8, 4) is 0 Å². The molecule has 2 nitrogen and oxygen atoms in total. The summed E-state index contributed by atoms with van der Waals surface area (Å²) in [5.74, 6) is 0.152. The van der Waals surface area contributed by atoms with E-state index in [2.05, 4.69) is 0 Å². The van der Waals surface area contributed by atoms with Crippen LogP contribution in [0, 0.1) is 0 Å². The van der Waals surface area contributed by atoms with E-state index >= 15 is 0 Å². The molecular formula is C12H16ClNO. The largest absolute Gasteiger partial charge is 0.299 e. The molecule has 0 radical (unpaired) electrons. The summed E-state index contributed by atoms with van der Waals surface area (Å²) in [6, 6.07) is 6.99. The molecule has 0 aliphatic carbocycles. The summed E-state index contributed by atoms with van der Waals surface area (Å²) in [6.07, 6.45) is 0.814. The van der Waals surface area contributed by atoms with Gasteiger partial charge in [0.05, 0.1) is 6.04 Å². The summed E-state index contributed by atoms with van der Waals surface area (Å²) in [4.78, 5) is 14.0. The van der Waals surface area contributed by atoms with Gasteiger partial charge in [-0.05, 0) is 44.8 Å². The van der Waals surface area contributed by atoms with Gasteiger partial charge >= 0.3 is 0 Å². The Morgan fingerprint density at radius 2 is 1.87 bits per heavy atom. The van der Waals surface area contributed by atoms with Crippen LogP contribution in [-0.4, -0.2) is 30.8 Å². The first-order chi connectivity index (χ1) is 7.06. The van der Waals surface area contributed by atoms with Crippen LogP contribution in [0.3, 0.4) is 0 Å². The Labute approximate surface area is 95.8 Å². The van der Waals surface area contributed by atoms with E-state index in [-0.39, 0.29) is 11.8 Å². The van der Waals surface area contributed by atoms with Crippen molar-refractivity contribution in [2.75, 3.05) is 14.1 Å². The monoisotopic (exact) mass is 225 g/mol. The number of nitrogens with zero attached hydrogens (tertiary/aromatic N) is 1. The molecule has 0 amide bonds. The Hall–Kier alpha value is -0.860. The number of benzene rings is 1. The zero-order valence-corrected chi connectivity index (χ0v) is 10.1. The first-order valence-electron chi connectivity index (χ1n) is 5.02. The summed E-state index contributed by atoms with van der Waals surface area (Å²) >= 11 is 5.77. The first kappa shape index (κ1) is 12.2. The molecule has 0 aromatic heterocycles. The molecule has 0 heterocycles. The maximum Gasteiger partial charge on any atom is 0.179 e. The number of halogens is 1. The number of carbonyl (C=O) groups is 1. The van der Waals surface area contributed by atoms with Gasteiger partial charge in [0.1, 0.15) is 0 Å². The van der Waals surface area contributed by atoms with Gasteiger partial charge in [0.2, 0.25) is 0 Å². The van der Waals surface area contributed by atoms with Crippen LogP contribution in [-0.2, 0) is 0 Å². The predicted octanol–water partition coefficient (Wildman–Crippen LogP) is 2.86. The summed E-state index contributed by atoms with van der Waals surface area (Å²) in [5, 5.41) is 0.657. The average Bonchev–Trinajstić information content (AvgIpc) is 2.19. The van der Waals surface area contributed by atoms with Gasteiger partial charge in [0.15, 0.2) is 5.78 Å². The molecule has 1 unspecified atom stereocenters. The van der Waals surface area contributed by atoms with Crippen molar-refractivity contribution < 1.29 is 4.79 Å². The summed E-state index contributed by atoms with van der Waals surface area (Å²) < 4.78 is 0. The van der Waals surface area contributed by atoms with Crippen LogP contribution in [0.1, 0.15) is 23.7 Å². The molecule has 82 valence electrons. The molecule has 1 aromatic rings. The van der Waals surface area contributed by atoms with Gasteiger partial charge in [-0.1, -0.05) is 18.5 Å². The molecule has 0 N–H and O–H groups in total. The lowest BCUT2D eigenvalue weighted by Crippen LogP contribution is -2.35. The molecule has 0 aliphatic heterocycles. The highest BCUT2D eigenvalue weighted by Gasteiger charge is 2.19. The average molecular weight is 226 g/mol. The SMILES string of the molecule is CCC(C(=O)c1ccc(Cl)cc1)N(C)C. The lowest BCUT2D eigenvalue weighted by Gasteiger charge is -2.21. The summed E-state index contributed by atoms with van der Waals surface area (Å²) in [5.41, 5.74) is 0.722. The molecule has 0 bridgehead atoms. The minimum absolute atomic E-state index is 0.0498. The number of ketones is 1. The van der Waals surface area contributed by atoms with Gasteiger partial charge in [-0.2, -0.15) is 0 Å². The molecular weight excluding hydrogens is 210 g/mol. The molecule has 1 atom stereocenters. The number of rotatable bonds is 4. The van der Waals surface area contributed by atoms with Crippen molar-refractivity contribution in [2.45, 2.75) is 19.4 Å². The highest BCUT2D eigenvalue weighted by Crippen LogP contribution is 2.13. The second-order valence-corrected chi connectivity index (χ2v) is 4.20. The highest BCUT2D eigenvalue weighted by atomic mass is 35.5. The van der Waals surface area contributed by atoms with E-state index in [1.165, 1.54) is 0 Å². The lowest BCUT2D eigenvalue weighted by molar-refractivity contribution is 0.0871. The van der Waals surface area contributed by atoms with Crippen LogP contribution in [0.5, 0.6) is 0 Å². The lowest BCUT2D eigenvalue weighted by atomic mass is 10.0. The van der Waals surface area contributed by atoms with Crippen LogP contribution in [0.4, 0.5) is 0 Å². The van der Waals surface area contributed by atoms with E-state index in [0.717, 1.165) is 12.0 Å². The second-order valence-electron chi connectivity index (χ2n) is 3.76. The minimum atomic E-state index is -0.0498. The first-order valence-corrected chi connectivity index (χ1v) is 5.40. The molecule has 0 saturated carbocycles. The van der Waals surface area contributed by atoms with Crippen LogP contribution in [0.2, 0.25) is 5.02 Å². The van der Waals surface area contributed by atoms with Crippen molar-refractivity contribution in [2.24, 2.45) is 0 Å².